The number of carbonyl (C=O) groups is 1. The quantitative estimate of drug-likeness (QED) is 0.333. The third-order valence-electron chi connectivity index (χ3n) is 1.82. The summed E-state index contributed by atoms with van der Waals surface area (Å²) >= 11 is 0. The molecule has 0 saturated heterocycles. The zero-order chi connectivity index (χ0) is 13.8. The second kappa shape index (κ2) is 5.00. The van der Waals surface area contributed by atoms with E-state index in [1.165, 1.54) is 0 Å². The van der Waals surface area contributed by atoms with Crippen molar-refractivity contribution < 1.29 is 24.8 Å². The van der Waals surface area contributed by atoms with Gasteiger partial charge in [0.15, 0.2) is 11.6 Å². The van der Waals surface area contributed by atoms with Crippen LogP contribution in [0.2, 0.25) is 0 Å². The number of hydrogen-bond donors (Lipinski definition) is 1. The molecule has 0 aliphatic rings. The summed E-state index contributed by atoms with van der Waals surface area (Å²) in [5.41, 5.74) is -2.84. The summed E-state index contributed by atoms with van der Waals surface area (Å²) in [5, 5.41) is 38.3. The maximum atomic E-state index is 10.5. The molecule has 0 aromatic heterocycles. The Hall–Kier alpha value is -2.53. The predicted octanol–water partition coefficient (Wildman–Crippen LogP) is -1.17. The Labute approximate surface area is 92.8 Å². The summed E-state index contributed by atoms with van der Waals surface area (Å²) < 4.78 is 0. The maximum Gasteiger partial charge on any atom is 0.478 e. The molecule has 0 radical (unpaired) electrons. The molecule has 0 bridgehead atoms. The number of hydrazine groups is 1. The molecule has 0 aromatic rings. The molecule has 0 rings (SSSR count). The first-order chi connectivity index (χ1) is 7.61. The molecule has 12 nitrogen and oxygen atoms in total. The average molecular weight is 252 g/mol. The zero-order valence-corrected chi connectivity index (χ0v) is 8.51. The van der Waals surface area contributed by atoms with Crippen molar-refractivity contribution in [3.63, 3.8) is 0 Å². The fraction of sp³-hybridized carbons (Fsp3) is 0.800. The van der Waals surface area contributed by atoms with E-state index in [-0.39, 0.29) is 5.01 Å². The van der Waals surface area contributed by atoms with Crippen molar-refractivity contribution in [3.8, 4) is 0 Å². The highest BCUT2D eigenvalue weighted by Gasteiger charge is 2.54. The number of carboxylic acid groups (broad SMARTS) is 1. The van der Waals surface area contributed by atoms with Gasteiger partial charge in [0.25, 0.3) is 0 Å². The molecule has 0 fully saturated rings. The van der Waals surface area contributed by atoms with Crippen LogP contribution in [0.25, 0.3) is 0 Å². The molecule has 0 aliphatic carbocycles. The van der Waals surface area contributed by atoms with E-state index in [1.807, 2.05) is 0 Å². The van der Waals surface area contributed by atoms with E-state index in [0.717, 1.165) is 0 Å². The van der Waals surface area contributed by atoms with Crippen molar-refractivity contribution >= 4 is 5.97 Å². The second-order valence-corrected chi connectivity index (χ2v) is 3.19. The van der Waals surface area contributed by atoms with Gasteiger partial charge in [-0.1, -0.05) is 0 Å². The fourth-order valence-corrected chi connectivity index (χ4v) is 0.855. The van der Waals surface area contributed by atoms with Gasteiger partial charge >= 0.3 is 11.6 Å². The predicted molar refractivity (Wildman–Crippen MR) is 48.6 cm³/mol. The maximum absolute atomic E-state index is 10.5. The summed E-state index contributed by atoms with van der Waals surface area (Å²) in [6.07, 6.45) is 0. The minimum Gasteiger partial charge on any atom is -0.480 e. The van der Waals surface area contributed by atoms with E-state index >= 15 is 0 Å². The van der Waals surface area contributed by atoms with Crippen LogP contribution in [0.1, 0.15) is 6.92 Å². The molecule has 0 heterocycles. The lowest BCUT2D eigenvalue weighted by molar-refractivity contribution is -0.804. The Morgan fingerprint density at radius 1 is 1.24 bits per heavy atom. The Kier molecular flexibility index (Phi) is 4.25. The topological polar surface area (TPSA) is 170 Å². The summed E-state index contributed by atoms with van der Waals surface area (Å²) in [5.74, 6) is -1.63. The highest BCUT2D eigenvalue weighted by molar-refractivity contribution is 5.68. The third-order valence-corrected chi connectivity index (χ3v) is 1.82. The number of nitro groups is 3. The third kappa shape index (κ3) is 3.51. The van der Waals surface area contributed by atoms with Crippen LogP contribution >= 0.6 is 0 Å². The molecule has 12 heteroatoms. The molecule has 0 saturated carbocycles. The van der Waals surface area contributed by atoms with Crippen LogP contribution in [-0.4, -0.2) is 49.7 Å². The molecule has 0 atom stereocenters. The standard InChI is InChI=1S/C5H8N4O8/c1-5(7(12)13,8(14)15)3-6(9(16)17)2-4(10)11/h2-3H2,1H3,(H,10,11). The second-order valence-electron chi connectivity index (χ2n) is 3.19. The molecule has 0 amide bonds. The van der Waals surface area contributed by atoms with Crippen LogP contribution in [0.5, 0.6) is 0 Å². The zero-order valence-electron chi connectivity index (χ0n) is 8.51. The van der Waals surface area contributed by atoms with Gasteiger partial charge in [0.05, 0.1) is 6.92 Å². The van der Waals surface area contributed by atoms with Crippen molar-refractivity contribution in [2.75, 3.05) is 13.1 Å². The number of carboxylic acids is 1. The van der Waals surface area contributed by atoms with Gasteiger partial charge in [-0.05, 0) is 0 Å². The highest BCUT2D eigenvalue weighted by atomic mass is 16.7. The lowest BCUT2D eigenvalue weighted by atomic mass is 10.2. The number of nitrogens with zero attached hydrogens (tertiary/aromatic N) is 4. The van der Waals surface area contributed by atoms with Crippen LogP contribution in [0.15, 0.2) is 0 Å². The number of rotatable bonds is 7. The lowest BCUT2D eigenvalue weighted by Gasteiger charge is -2.16. The van der Waals surface area contributed by atoms with Gasteiger partial charge in [-0.3, -0.25) is 25.0 Å². The van der Waals surface area contributed by atoms with Crippen molar-refractivity contribution in [1.82, 2.24) is 5.01 Å². The molecular formula is C5H8N4O8. The van der Waals surface area contributed by atoms with Crippen molar-refractivity contribution in [2.24, 2.45) is 0 Å². The van der Waals surface area contributed by atoms with Gasteiger partial charge < -0.3 is 5.11 Å². The van der Waals surface area contributed by atoms with E-state index < -0.39 is 39.6 Å². The Bertz CT molecular complexity index is 353. The summed E-state index contributed by atoms with van der Waals surface area (Å²) in [7, 11) is 0. The van der Waals surface area contributed by atoms with Crippen LogP contribution in [0, 0.1) is 30.3 Å². The van der Waals surface area contributed by atoms with E-state index in [9.17, 15) is 35.1 Å². The fourth-order valence-electron chi connectivity index (χ4n) is 0.855. The van der Waals surface area contributed by atoms with E-state index in [1.54, 1.807) is 0 Å². The normalized spacial score (nSPS) is 10.6. The smallest absolute Gasteiger partial charge is 0.478 e. The minimum atomic E-state index is -2.84. The first-order valence-electron chi connectivity index (χ1n) is 4.01. The van der Waals surface area contributed by atoms with Crippen LogP contribution in [0.3, 0.4) is 0 Å². The number of hydrogen-bond acceptors (Lipinski definition) is 7. The first-order valence-corrected chi connectivity index (χ1v) is 4.01. The summed E-state index contributed by atoms with van der Waals surface area (Å²) in [6.45, 7) is -1.87. The molecule has 1 N–H and O–H groups in total. The minimum absolute atomic E-state index is 0.103. The molecule has 0 aliphatic heterocycles. The van der Waals surface area contributed by atoms with Gasteiger partial charge in [-0.25, -0.2) is 10.1 Å². The summed E-state index contributed by atoms with van der Waals surface area (Å²) in [4.78, 5) is 39.0. The molecule has 17 heavy (non-hydrogen) atoms. The van der Waals surface area contributed by atoms with Crippen LogP contribution in [-0.2, 0) is 4.79 Å². The van der Waals surface area contributed by atoms with Gasteiger partial charge in [0.1, 0.15) is 9.85 Å². The van der Waals surface area contributed by atoms with E-state index in [2.05, 4.69) is 0 Å². The largest absolute Gasteiger partial charge is 0.480 e. The van der Waals surface area contributed by atoms with Crippen molar-refractivity contribution in [3.05, 3.63) is 30.3 Å². The lowest BCUT2D eigenvalue weighted by Crippen LogP contribution is -2.54. The van der Waals surface area contributed by atoms with E-state index in [4.69, 9.17) is 5.11 Å². The van der Waals surface area contributed by atoms with Crippen molar-refractivity contribution in [1.29, 1.82) is 0 Å². The molecule has 0 aromatic carbocycles. The van der Waals surface area contributed by atoms with Gasteiger partial charge in [0.2, 0.25) is 6.54 Å². The Morgan fingerprint density at radius 3 is 1.88 bits per heavy atom. The van der Waals surface area contributed by atoms with Crippen LogP contribution in [0.4, 0.5) is 0 Å². The van der Waals surface area contributed by atoms with Crippen molar-refractivity contribution in [2.45, 2.75) is 12.6 Å². The monoisotopic (exact) mass is 252 g/mol. The van der Waals surface area contributed by atoms with Gasteiger partial charge in [-0.15, -0.1) is 5.01 Å². The molecule has 0 spiro atoms. The number of aliphatic carboxylic acids is 1. The Balaban J connectivity index is 5.07. The summed E-state index contributed by atoms with van der Waals surface area (Å²) in [6, 6.07) is 0. The molecule has 96 valence electrons. The van der Waals surface area contributed by atoms with Crippen LogP contribution < -0.4 is 0 Å². The molecule has 0 unspecified atom stereocenters. The average Bonchev–Trinajstić information content (AvgIpc) is 2.14. The Morgan fingerprint density at radius 2 is 1.65 bits per heavy atom. The first kappa shape index (κ1) is 14.5. The SMILES string of the molecule is CC(CN(CC(=O)O)[N+](=O)[O-])([N+](=O)[O-])[N+](=O)[O-]. The van der Waals surface area contributed by atoms with E-state index in [0.29, 0.717) is 6.92 Å². The highest BCUT2D eigenvalue weighted by Crippen LogP contribution is 2.12. The molecular weight excluding hydrogens is 244 g/mol. The van der Waals surface area contributed by atoms with Gasteiger partial charge in [-0.2, -0.15) is 0 Å². The van der Waals surface area contributed by atoms with Gasteiger partial charge in [0, 0.05) is 0 Å².